The fraction of sp³-hybridized carbons (Fsp3) is 0.438. The molecule has 0 spiro atoms. The lowest BCUT2D eigenvalue weighted by molar-refractivity contribution is -0.139. The smallest absolute Gasteiger partial charge is 0.249 e. The number of hydrogen-bond acceptors (Lipinski definition) is 3. The van der Waals surface area contributed by atoms with Crippen LogP contribution in [0.25, 0.3) is 0 Å². The summed E-state index contributed by atoms with van der Waals surface area (Å²) in [4.78, 5) is 37.5. The van der Waals surface area contributed by atoms with Gasteiger partial charge in [-0.05, 0) is 30.9 Å². The van der Waals surface area contributed by atoms with Gasteiger partial charge in [-0.15, -0.1) is 0 Å². The first-order valence-corrected chi connectivity index (χ1v) is 7.25. The van der Waals surface area contributed by atoms with Crippen molar-refractivity contribution in [3.05, 3.63) is 35.4 Å². The number of rotatable bonds is 4. The van der Waals surface area contributed by atoms with Gasteiger partial charge in [0.15, 0.2) is 0 Å². The Labute approximate surface area is 123 Å². The summed E-state index contributed by atoms with van der Waals surface area (Å²) >= 11 is 0. The lowest BCUT2D eigenvalue weighted by Gasteiger charge is -2.27. The second kappa shape index (κ2) is 5.31. The highest BCUT2D eigenvalue weighted by atomic mass is 16.2. The minimum absolute atomic E-state index is 0.0679. The molecule has 1 saturated carbocycles. The van der Waals surface area contributed by atoms with Crippen molar-refractivity contribution in [3.63, 3.8) is 0 Å². The number of aryl methyl sites for hydroxylation is 1. The lowest BCUT2D eigenvalue weighted by atomic mass is 10.0. The Morgan fingerprint density at radius 3 is 2.57 bits per heavy atom. The summed E-state index contributed by atoms with van der Waals surface area (Å²) in [5.74, 6) is -0.703. The fourth-order valence-electron chi connectivity index (χ4n) is 2.81. The minimum Gasteiger partial charge on any atom is -0.327 e. The fourth-order valence-corrected chi connectivity index (χ4v) is 2.81. The Morgan fingerprint density at radius 1 is 1.29 bits per heavy atom. The molecule has 5 heteroatoms. The van der Waals surface area contributed by atoms with Gasteiger partial charge in [0.05, 0.1) is 12.8 Å². The Hall–Kier alpha value is -2.17. The Balaban J connectivity index is 1.78. The van der Waals surface area contributed by atoms with Gasteiger partial charge >= 0.3 is 0 Å². The van der Waals surface area contributed by atoms with Crippen molar-refractivity contribution in [2.24, 2.45) is 0 Å². The highest BCUT2D eigenvalue weighted by Gasteiger charge is 2.44. The zero-order chi connectivity index (χ0) is 15.0. The maximum Gasteiger partial charge on any atom is 0.249 e. The van der Waals surface area contributed by atoms with E-state index in [1.165, 1.54) is 0 Å². The molecular formula is C16H18N2O3. The van der Waals surface area contributed by atoms with Crippen molar-refractivity contribution in [2.45, 2.75) is 44.7 Å². The summed E-state index contributed by atoms with van der Waals surface area (Å²) in [6.45, 7) is 1.97. The Kier molecular flexibility index (Phi) is 3.49. The first-order chi connectivity index (χ1) is 10.1. The number of imide groups is 1. The highest BCUT2D eigenvalue weighted by molar-refractivity contribution is 6.07. The van der Waals surface area contributed by atoms with Gasteiger partial charge in [-0.3, -0.25) is 19.7 Å². The van der Waals surface area contributed by atoms with Crippen molar-refractivity contribution < 1.29 is 14.4 Å². The van der Waals surface area contributed by atoms with Gasteiger partial charge in [0.1, 0.15) is 6.04 Å². The quantitative estimate of drug-likeness (QED) is 0.838. The van der Waals surface area contributed by atoms with Crippen LogP contribution in [0.5, 0.6) is 0 Å². The van der Waals surface area contributed by atoms with E-state index in [0.717, 1.165) is 24.0 Å². The molecule has 1 atom stereocenters. The van der Waals surface area contributed by atoms with Gasteiger partial charge in [0.2, 0.25) is 17.7 Å². The number of hydrogen-bond donors (Lipinski definition) is 1. The van der Waals surface area contributed by atoms with Gasteiger partial charge in [-0.25, -0.2) is 0 Å². The zero-order valence-electron chi connectivity index (χ0n) is 12.0. The molecule has 0 bridgehead atoms. The van der Waals surface area contributed by atoms with Crippen LogP contribution in [0.1, 0.15) is 30.4 Å². The Morgan fingerprint density at radius 2 is 2.00 bits per heavy atom. The van der Waals surface area contributed by atoms with E-state index in [2.05, 4.69) is 5.32 Å². The van der Waals surface area contributed by atoms with Gasteiger partial charge < -0.3 is 4.90 Å². The van der Waals surface area contributed by atoms with E-state index < -0.39 is 6.04 Å². The minimum atomic E-state index is -0.624. The van der Waals surface area contributed by atoms with Crippen LogP contribution in [-0.4, -0.2) is 34.7 Å². The molecule has 3 amide bonds. The third kappa shape index (κ3) is 2.82. The standard InChI is InChI=1S/C16H18N2O3/c1-10-4-2-3-5-11(10)8-15(20)18(12-6-7-12)13-9-14(19)17-16(13)21/h2-5,12-13H,6-9H2,1H3,(H,17,19,21)/t13-/m0/s1. The summed E-state index contributed by atoms with van der Waals surface area (Å²) in [5.41, 5.74) is 2.03. The molecule has 1 aromatic carbocycles. The van der Waals surface area contributed by atoms with Crippen molar-refractivity contribution in [1.82, 2.24) is 10.2 Å². The first kappa shape index (κ1) is 13.8. The van der Waals surface area contributed by atoms with Crippen molar-refractivity contribution >= 4 is 17.7 Å². The molecule has 1 N–H and O–H groups in total. The van der Waals surface area contributed by atoms with E-state index in [4.69, 9.17) is 0 Å². The van der Waals surface area contributed by atoms with Gasteiger partial charge in [-0.2, -0.15) is 0 Å². The van der Waals surface area contributed by atoms with E-state index in [-0.39, 0.29) is 36.6 Å². The third-order valence-electron chi connectivity index (χ3n) is 4.11. The molecule has 5 nitrogen and oxygen atoms in total. The lowest BCUT2D eigenvalue weighted by Crippen LogP contribution is -2.46. The van der Waals surface area contributed by atoms with E-state index >= 15 is 0 Å². The van der Waals surface area contributed by atoms with Gasteiger partial charge in [0.25, 0.3) is 0 Å². The molecule has 0 unspecified atom stereocenters. The maximum atomic E-state index is 12.6. The van der Waals surface area contributed by atoms with E-state index in [1.807, 2.05) is 31.2 Å². The average molecular weight is 286 g/mol. The molecule has 0 aromatic heterocycles. The number of amides is 3. The molecule has 110 valence electrons. The summed E-state index contributed by atoms with van der Waals surface area (Å²) < 4.78 is 0. The summed E-state index contributed by atoms with van der Waals surface area (Å²) in [6, 6.07) is 7.23. The number of nitrogens with one attached hydrogen (secondary N) is 1. The predicted octanol–water partition coefficient (Wildman–Crippen LogP) is 0.944. The van der Waals surface area contributed by atoms with Crippen molar-refractivity contribution in [1.29, 1.82) is 0 Å². The van der Waals surface area contributed by atoms with Crippen molar-refractivity contribution in [3.8, 4) is 0 Å². The molecule has 2 fully saturated rings. The first-order valence-electron chi connectivity index (χ1n) is 7.25. The molecule has 1 aromatic rings. The average Bonchev–Trinajstić information content (AvgIpc) is 3.19. The molecule has 1 aliphatic carbocycles. The van der Waals surface area contributed by atoms with Crippen LogP contribution >= 0.6 is 0 Å². The van der Waals surface area contributed by atoms with Crippen LogP contribution < -0.4 is 5.32 Å². The van der Waals surface area contributed by atoms with E-state index in [9.17, 15) is 14.4 Å². The number of benzene rings is 1. The van der Waals surface area contributed by atoms with E-state index in [0.29, 0.717) is 0 Å². The third-order valence-corrected chi connectivity index (χ3v) is 4.11. The van der Waals surface area contributed by atoms with E-state index in [1.54, 1.807) is 4.90 Å². The molecule has 2 aliphatic rings. The summed E-state index contributed by atoms with van der Waals surface area (Å²) in [7, 11) is 0. The second-order valence-corrected chi connectivity index (χ2v) is 5.77. The molecule has 1 saturated heterocycles. The number of carbonyl (C=O) groups excluding carboxylic acids is 3. The van der Waals surface area contributed by atoms with Crippen LogP contribution in [0.3, 0.4) is 0 Å². The molecule has 1 aliphatic heterocycles. The molecule has 1 heterocycles. The van der Waals surface area contributed by atoms with Gasteiger partial charge in [-0.1, -0.05) is 24.3 Å². The SMILES string of the molecule is Cc1ccccc1CC(=O)N(C1CC1)[C@H]1CC(=O)NC1=O. The summed E-state index contributed by atoms with van der Waals surface area (Å²) in [6.07, 6.45) is 2.20. The van der Waals surface area contributed by atoms with Crippen LogP contribution in [0.4, 0.5) is 0 Å². The van der Waals surface area contributed by atoms with Crippen LogP contribution in [0, 0.1) is 6.92 Å². The number of nitrogens with zero attached hydrogens (tertiary/aromatic N) is 1. The monoisotopic (exact) mass is 286 g/mol. The molecular weight excluding hydrogens is 268 g/mol. The predicted molar refractivity (Wildman–Crippen MR) is 76.3 cm³/mol. The van der Waals surface area contributed by atoms with Crippen molar-refractivity contribution in [2.75, 3.05) is 0 Å². The second-order valence-electron chi connectivity index (χ2n) is 5.77. The zero-order valence-corrected chi connectivity index (χ0v) is 12.0. The molecule has 21 heavy (non-hydrogen) atoms. The topological polar surface area (TPSA) is 66.5 Å². The van der Waals surface area contributed by atoms with Crippen LogP contribution in [0.2, 0.25) is 0 Å². The highest BCUT2D eigenvalue weighted by Crippen LogP contribution is 2.31. The van der Waals surface area contributed by atoms with Crippen LogP contribution in [-0.2, 0) is 20.8 Å². The molecule has 3 rings (SSSR count). The summed E-state index contributed by atoms with van der Waals surface area (Å²) in [5, 5.41) is 2.29. The number of carbonyl (C=O) groups is 3. The maximum absolute atomic E-state index is 12.6. The molecule has 0 radical (unpaired) electrons. The van der Waals surface area contributed by atoms with Crippen LogP contribution in [0.15, 0.2) is 24.3 Å². The normalized spacial score (nSPS) is 21.3. The largest absolute Gasteiger partial charge is 0.327 e. The Bertz CT molecular complexity index is 607. The van der Waals surface area contributed by atoms with Gasteiger partial charge in [0, 0.05) is 6.04 Å².